The fourth-order valence-corrected chi connectivity index (χ4v) is 12.6. The second-order valence-electron chi connectivity index (χ2n) is 7.30. The maximum absolute atomic E-state index is 13.9. The molecule has 0 amide bonds. The number of rotatable bonds is 4. The minimum Gasteiger partial charge on any atom is -0.345 e. The standard InChI is InChI=1S/C17H24F3IN2Si/c1-9(2)24(10(3)4,11(5)6)15-12(17(18,19)20)7-22-16-14(15)13(21)8-23-16/h7-11H,1-6H3,(H,22,23). The van der Waals surface area contributed by atoms with Gasteiger partial charge in [0, 0.05) is 21.4 Å². The second-order valence-corrected chi connectivity index (χ2v) is 14.3. The highest BCUT2D eigenvalue weighted by molar-refractivity contribution is 14.1. The summed E-state index contributed by atoms with van der Waals surface area (Å²) in [5.74, 6) is 0. The summed E-state index contributed by atoms with van der Waals surface area (Å²) in [6, 6.07) is 0. The van der Waals surface area contributed by atoms with Crippen LogP contribution in [-0.2, 0) is 6.18 Å². The Balaban J connectivity index is 3.07. The molecule has 2 rings (SSSR count). The quantitative estimate of drug-likeness (QED) is 0.428. The van der Waals surface area contributed by atoms with E-state index in [0.29, 0.717) is 16.2 Å². The molecule has 0 aromatic carbocycles. The first-order chi connectivity index (χ1) is 11.0. The lowest BCUT2D eigenvalue weighted by Gasteiger charge is -2.45. The van der Waals surface area contributed by atoms with Crippen LogP contribution in [0.15, 0.2) is 12.4 Å². The van der Waals surface area contributed by atoms with Crippen LogP contribution in [0, 0.1) is 3.57 Å². The van der Waals surface area contributed by atoms with Gasteiger partial charge in [-0.05, 0) is 44.4 Å². The number of nitrogens with one attached hydrogen (secondary N) is 1. The predicted octanol–water partition coefficient (Wildman–Crippen LogP) is 6.07. The molecule has 2 nitrogen and oxygen atoms in total. The van der Waals surface area contributed by atoms with Crippen molar-refractivity contribution in [1.29, 1.82) is 0 Å². The number of hydrogen-bond donors (Lipinski definition) is 1. The first kappa shape index (κ1) is 19.7. The van der Waals surface area contributed by atoms with Crippen LogP contribution in [0.2, 0.25) is 16.6 Å². The smallest absolute Gasteiger partial charge is 0.345 e. The second kappa shape index (κ2) is 6.62. The third kappa shape index (κ3) is 2.91. The lowest BCUT2D eigenvalue weighted by atomic mass is 10.2. The number of hydrogen-bond acceptors (Lipinski definition) is 1. The van der Waals surface area contributed by atoms with Crippen molar-refractivity contribution in [1.82, 2.24) is 9.97 Å². The summed E-state index contributed by atoms with van der Waals surface area (Å²) in [6.45, 7) is 12.5. The molecule has 0 radical (unpaired) electrons. The Morgan fingerprint density at radius 1 is 1.04 bits per heavy atom. The van der Waals surface area contributed by atoms with Crippen LogP contribution in [0.4, 0.5) is 13.2 Å². The molecule has 24 heavy (non-hydrogen) atoms. The molecular weight excluding hydrogens is 444 g/mol. The molecule has 0 saturated carbocycles. The van der Waals surface area contributed by atoms with Gasteiger partial charge in [0.1, 0.15) is 5.65 Å². The zero-order chi connectivity index (χ0) is 18.4. The fraction of sp³-hybridized carbons (Fsp3) is 0.588. The topological polar surface area (TPSA) is 28.7 Å². The average Bonchev–Trinajstić information content (AvgIpc) is 2.79. The molecule has 134 valence electrons. The zero-order valence-electron chi connectivity index (χ0n) is 14.8. The molecule has 0 aliphatic carbocycles. The van der Waals surface area contributed by atoms with Crippen molar-refractivity contribution in [3.8, 4) is 0 Å². The predicted molar refractivity (Wildman–Crippen MR) is 104 cm³/mol. The molecule has 1 N–H and O–H groups in total. The summed E-state index contributed by atoms with van der Waals surface area (Å²) in [4.78, 5) is 7.09. The Labute approximate surface area is 155 Å². The van der Waals surface area contributed by atoms with E-state index >= 15 is 0 Å². The van der Waals surface area contributed by atoms with Gasteiger partial charge in [0.2, 0.25) is 0 Å². The Bertz CT molecular complexity index is 713. The van der Waals surface area contributed by atoms with Gasteiger partial charge >= 0.3 is 6.18 Å². The van der Waals surface area contributed by atoms with Gasteiger partial charge in [0.25, 0.3) is 0 Å². The van der Waals surface area contributed by atoms with Crippen molar-refractivity contribution in [3.63, 3.8) is 0 Å². The van der Waals surface area contributed by atoms with Crippen LogP contribution in [-0.4, -0.2) is 18.0 Å². The molecule has 0 spiro atoms. The summed E-state index contributed by atoms with van der Waals surface area (Å²) in [5, 5.41) is 1.21. The monoisotopic (exact) mass is 468 g/mol. The lowest BCUT2D eigenvalue weighted by Crippen LogP contribution is -2.58. The molecule has 0 bridgehead atoms. The van der Waals surface area contributed by atoms with Crippen molar-refractivity contribution >= 4 is 46.9 Å². The van der Waals surface area contributed by atoms with Gasteiger partial charge in [0.15, 0.2) is 0 Å². The molecule has 2 aromatic heterocycles. The van der Waals surface area contributed by atoms with Crippen LogP contribution in [0.3, 0.4) is 0 Å². The minimum atomic E-state index is -4.40. The van der Waals surface area contributed by atoms with E-state index in [1.54, 1.807) is 6.20 Å². The first-order valence-electron chi connectivity index (χ1n) is 8.18. The molecule has 0 aliphatic heterocycles. The van der Waals surface area contributed by atoms with E-state index < -0.39 is 19.8 Å². The molecule has 2 aromatic rings. The van der Waals surface area contributed by atoms with Crippen molar-refractivity contribution in [2.75, 3.05) is 0 Å². The number of H-pyrrole nitrogens is 1. The Morgan fingerprint density at radius 2 is 1.54 bits per heavy atom. The van der Waals surface area contributed by atoms with Crippen LogP contribution in [0.25, 0.3) is 11.0 Å². The van der Waals surface area contributed by atoms with E-state index in [0.717, 1.165) is 9.77 Å². The molecule has 0 fully saturated rings. The third-order valence-electron chi connectivity index (χ3n) is 5.26. The Morgan fingerprint density at radius 3 is 1.96 bits per heavy atom. The summed E-state index contributed by atoms with van der Waals surface area (Å²) >= 11 is 2.12. The van der Waals surface area contributed by atoms with E-state index in [1.165, 1.54) is 0 Å². The summed E-state index contributed by atoms with van der Waals surface area (Å²) in [6.07, 6.45) is -1.62. The Hall–Kier alpha value is -0.573. The molecule has 0 saturated heterocycles. The van der Waals surface area contributed by atoms with E-state index in [9.17, 15) is 13.2 Å². The van der Waals surface area contributed by atoms with E-state index in [4.69, 9.17) is 0 Å². The SMILES string of the molecule is CC(C)[Si](c1c(C(F)(F)F)cnc2[nH]cc(I)c12)(C(C)C)C(C)C. The molecule has 0 unspecified atom stereocenters. The number of fused-ring (bicyclic) bond motifs is 1. The number of alkyl halides is 3. The first-order valence-corrected chi connectivity index (χ1v) is 11.5. The number of halogens is 4. The zero-order valence-corrected chi connectivity index (χ0v) is 18.0. The third-order valence-corrected chi connectivity index (χ3v) is 13.2. The van der Waals surface area contributed by atoms with Gasteiger partial charge in [0.05, 0.1) is 13.6 Å². The minimum absolute atomic E-state index is 0.190. The van der Waals surface area contributed by atoms with Gasteiger partial charge in [-0.15, -0.1) is 0 Å². The summed E-state index contributed by atoms with van der Waals surface area (Å²) in [7, 11) is -2.50. The average molecular weight is 468 g/mol. The summed E-state index contributed by atoms with van der Waals surface area (Å²) in [5.41, 5.74) is 0.580. The highest BCUT2D eigenvalue weighted by atomic mass is 127. The maximum atomic E-state index is 13.9. The van der Waals surface area contributed by atoms with Crippen LogP contribution >= 0.6 is 22.6 Å². The molecular formula is C17H24F3IN2Si. The highest BCUT2D eigenvalue weighted by Crippen LogP contribution is 2.45. The van der Waals surface area contributed by atoms with Gasteiger partial charge in [-0.2, -0.15) is 13.2 Å². The van der Waals surface area contributed by atoms with Gasteiger partial charge in [-0.25, -0.2) is 4.98 Å². The largest absolute Gasteiger partial charge is 0.417 e. The van der Waals surface area contributed by atoms with E-state index in [2.05, 4.69) is 74.1 Å². The van der Waals surface area contributed by atoms with Crippen molar-refractivity contribution < 1.29 is 13.2 Å². The van der Waals surface area contributed by atoms with Crippen molar-refractivity contribution in [3.05, 3.63) is 21.5 Å². The molecule has 0 atom stereocenters. The number of pyridine rings is 1. The Kier molecular flexibility index (Phi) is 5.45. The number of aromatic amines is 1. The molecule has 0 aliphatic rings. The van der Waals surface area contributed by atoms with Crippen molar-refractivity contribution in [2.24, 2.45) is 0 Å². The van der Waals surface area contributed by atoms with Crippen LogP contribution in [0.5, 0.6) is 0 Å². The van der Waals surface area contributed by atoms with Gasteiger partial charge in [-0.1, -0.05) is 41.5 Å². The number of aromatic nitrogens is 2. The molecule has 7 heteroatoms. The molecule has 2 heterocycles. The lowest BCUT2D eigenvalue weighted by molar-refractivity contribution is -0.136. The van der Waals surface area contributed by atoms with Crippen LogP contribution < -0.4 is 5.19 Å². The van der Waals surface area contributed by atoms with Gasteiger partial charge < -0.3 is 4.98 Å². The van der Waals surface area contributed by atoms with Crippen LogP contribution in [0.1, 0.15) is 47.1 Å². The summed E-state index contributed by atoms with van der Waals surface area (Å²) < 4.78 is 42.5. The highest BCUT2D eigenvalue weighted by Gasteiger charge is 2.50. The van der Waals surface area contributed by atoms with Crippen molar-refractivity contribution in [2.45, 2.75) is 64.3 Å². The van der Waals surface area contributed by atoms with E-state index in [1.807, 2.05) is 0 Å². The fourth-order valence-electron chi connectivity index (χ4n) is 4.59. The number of nitrogens with zero attached hydrogens (tertiary/aromatic N) is 1. The van der Waals surface area contributed by atoms with E-state index in [-0.39, 0.29) is 16.6 Å². The van der Waals surface area contributed by atoms with Gasteiger partial charge in [-0.3, -0.25) is 0 Å². The maximum Gasteiger partial charge on any atom is 0.417 e. The normalized spacial score (nSPS) is 13.7.